The Balaban J connectivity index is 1.48. The average Bonchev–Trinajstić information content (AvgIpc) is 2.91. The zero-order chi connectivity index (χ0) is 15.5. The fourth-order valence-electron chi connectivity index (χ4n) is 3.84. The molecule has 3 nitrogen and oxygen atoms in total. The average molecular weight is 305 g/mol. The summed E-state index contributed by atoms with van der Waals surface area (Å²) in [7, 11) is 2.24. The van der Waals surface area contributed by atoms with Crippen LogP contribution in [0.3, 0.4) is 0 Å². The maximum atomic E-state index is 13.2. The van der Waals surface area contributed by atoms with Crippen LogP contribution in [0, 0.1) is 12.7 Å². The Hall–Kier alpha value is -1.13. The highest BCUT2D eigenvalue weighted by atomic mass is 19.1. The summed E-state index contributed by atoms with van der Waals surface area (Å²) in [5.41, 5.74) is 2.23. The number of likely N-dealkylation sites (N-methyl/N-ethyl adjacent to an activating group) is 1. The third-order valence-corrected chi connectivity index (χ3v) is 5.31. The lowest BCUT2D eigenvalue weighted by Gasteiger charge is -2.35. The van der Waals surface area contributed by atoms with Gasteiger partial charge in [0.2, 0.25) is 0 Å². The lowest BCUT2D eigenvalue weighted by molar-refractivity contribution is 0.282. The molecule has 1 aromatic carbocycles. The van der Waals surface area contributed by atoms with E-state index in [1.807, 2.05) is 13.0 Å². The quantitative estimate of drug-likeness (QED) is 0.923. The first-order chi connectivity index (χ1) is 10.6. The van der Waals surface area contributed by atoms with Crippen molar-refractivity contribution in [3.8, 4) is 0 Å². The van der Waals surface area contributed by atoms with Gasteiger partial charge in [0.1, 0.15) is 5.82 Å². The van der Waals surface area contributed by atoms with E-state index in [0.717, 1.165) is 31.2 Å². The molecule has 2 aliphatic heterocycles. The third kappa shape index (κ3) is 3.61. The molecule has 0 saturated carbocycles. The lowest BCUT2D eigenvalue weighted by atomic mass is 10.0. The number of rotatable bonds is 4. The molecule has 2 heterocycles. The van der Waals surface area contributed by atoms with Crippen molar-refractivity contribution in [3.05, 3.63) is 29.6 Å². The van der Waals surface area contributed by atoms with Crippen molar-refractivity contribution in [2.45, 2.75) is 44.7 Å². The van der Waals surface area contributed by atoms with Crippen molar-refractivity contribution < 1.29 is 4.39 Å². The molecule has 4 heteroatoms. The number of hydrogen-bond acceptors (Lipinski definition) is 3. The Kier molecular flexibility index (Phi) is 4.99. The van der Waals surface area contributed by atoms with E-state index in [1.54, 1.807) is 12.1 Å². The molecule has 0 aliphatic carbocycles. The summed E-state index contributed by atoms with van der Waals surface area (Å²) in [4.78, 5) is 4.87. The van der Waals surface area contributed by atoms with Crippen LogP contribution in [0.2, 0.25) is 0 Å². The number of benzene rings is 1. The van der Waals surface area contributed by atoms with E-state index < -0.39 is 0 Å². The van der Waals surface area contributed by atoms with Crippen LogP contribution in [0.1, 0.15) is 31.2 Å². The summed E-state index contributed by atoms with van der Waals surface area (Å²) in [5.74, 6) is -0.140. The van der Waals surface area contributed by atoms with E-state index in [2.05, 4.69) is 22.2 Å². The maximum Gasteiger partial charge on any atom is 0.123 e. The highest BCUT2D eigenvalue weighted by Gasteiger charge is 2.24. The van der Waals surface area contributed by atoms with E-state index >= 15 is 0 Å². The molecule has 3 rings (SSSR count). The van der Waals surface area contributed by atoms with E-state index in [1.165, 1.54) is 37.9 Å². The molecule has 0 bridgehead atoms. The van der Waals surface area contributed by atoms with Crippen molar-refractivity contribution in [2.75, 3.05) is 38.1 Å². The molecular formula is C18H28FN3. The summed E-state index contributed by atoms with van der Waals surface area (Å²) in [6.07, 6.45) is 5.02. The number of likely N-dealkylation sites (tertiary alicyclic amines) is 1. The topological polar surface area (TPSA) is 18.5 Å². The van der Waals surface area contributed by atoms with Crippen molar-refractivity contribution in [1.29, 1.82) is 0 Å². The Morgan fingerprint density at radius 2 is 1.95 bits per heavy atom. The molecule has 2 fully saturated rings. The number of anilines is 1. The maximum absolute atomic E-state index is 13.2. The van der Waals surface area contributed by atoms with Crippen LogP contribution in [0.5, 0.6) is 0 Å². The summed E-state index contributed by atoms with van der Waals surface area (Å²) < 4.78 is 13.2. The SMILES string of the molecule is Cc1cc(F)ccc1N1CCC(NC[C@@H]2CCCN2C)CC1. The van der Waals surface area contributed by atoms with E-state index in [0.29, 0.717) is 6.04 Å². The standard InChI is InChI=1S/C18H28FN3/c1-14-12-15(19)5-6-18(14)22-10-7-16(8-11-22)20-13-17-4-3-9-21(17)2/h5-6,12,16-17,20H,3-4,7-11,13H2,1-2H3/t17-/m0/s1. The molecule has 0 amide bonds. The second-order valence-electron chi connectivity index (χ2n) is 6.88. The molecule has 1 aromatic rings. The van der Waals surface area contributed by atoms with Crippen LogP contribution in [0.25, 0.3) is 0 Å². The van der Waals surface area contributed by atoms with Crippen molar-refractivity contribution in [2.24, 2.45) is 0 Å². The summed E-state index contributed by atoms with van der Waals surface area (Å²) in [6.45, 7) is 6.49. The van der Waals surface area contributed by atoms with Gasteiger partial charge in [0, 0.05) is 37.4 Å². The van der Waals surface area contributed by atoms with Crippen LogP contribution < -0.4 is 10.2 Å². The first kappa shape index (κ1) is 15.8. The molecule has 22 heavy (non-hydrogen) atoms. The predicted molar refractivity (Wildman–Crippen MR) is 90.0 cm³/mol. The molecule has 2 saturated heterocycles. The van der Waals surface area contributed by atoms with E-state index in [-0.39, 0.29) is 5.82 Å². The first-order valence-electron chi connectivity index (χ1n) is 8.58. The highest BCUT2D eigenvalue weighted by Crippen LogP contribution is 2.24. The third-order valence-electron chi connectivity index (χ3n) is 5.31. The number of aryl methyl sites for hydroxylation is 1. The Bertz CT molecular complexity index is 497. The van der Waals surface area contributed by atoms with Crippen molar-refractivity contribution >= 4 is 5.69 Å². The van der Waals surface area contributed by atoms with Crippen molar-refractivity contribution in [3.63, 3.8) is 0 Å². The van der Waals surface area contributed by atoms with Crippen LogP contribution in [-0.2, 0) is 0 Å². The number of hydrogen-bond donors (Lipinski definition) is 1. The van der Waals surface area contributed by atoms with E-state index in [9.17, 15) is 4.39 Å². The van der Waals surface area contributed by atoms with Gasteiger partial charge in [-0.15, -0.1) is 0 Å². The van der Waals surface area contributed by atoms with Gasteiger partial charge in [-0.2, -0.15) is 0 Å². The molecule has 122 valence electrons. The molecule has 1 N–H and O–H groups in total. The second kappa shape index (κ2) is 6.97. The number of nitrogens with one attached hydrogen (secondary N) is 1. The second-order valence-corrected chi connectivity index (χ2v) is 6.88. The lowest BCUT2D eigenvalue weighted by Crippen LogP contribution is -2.46. The number of piperidine rings is 1. The van der Waals surface area contributed by atoms with Gasteiger partial charge in [-0.3, -0.25) is 0 Å². The molecule has 0 radical (unpaired) electrons. The molecule has 0 aromatic heterocycles. The van der Waals surface area contributed by atoms with Crippen molar-refractivity contribution in [1.82, 2.24) is 10.2 Å². The van der Waals surface area contributed by atoms with E-state index in [4.69, 9.17) is 0 Å². The fraction of sp³-hybridized carbons (Fsp3) is 0.667. The molecular weight excluding hydrogens is 277 g/mol. The first-order valence-corrected chi connectivity index (χ1v) is 8.58. The van der Waals surface area contributed by atoms with Gasteiger partial charge in [-0.1, -0.05) is 0 Å². The van der Waals surface area contributed by atoms with Crippen LogP contribution >= 0.6 is 0 Å². The van der Waals surface area contributed by atoms with Gasteiger partial charge in [0.25, 0.3) is 0 Å². The zero-order valence-corrected chi connectivity index (χ0v) is 13.8. The van der Waals surface area contributed by atoms with Crippen LogP contribution in [0.15, 0.2) is 18.2 Å². The fourth-order valence-corrected chi connectivity index (χ4v) is 3.84. The summed E-state index contributed by atoms with van der Waals surface area (Å²) in [5, 5.41) is 3.76. The Morgan fingerprint density at radius 3 is 2.59 bits per heavy atom. The largest absolute Gasteiger partial charge is 0.371 e. The Morgan fingerprint density at radius 1 is 1.18 bits per heavy atom. The summed E-state index contributed by atoms with van der Waals surface area (Å²) >= 11 is 0. The number of nitrogens with zero attached hydrogens (tertiary/aromatic N) is 2. The van der Waals surface area contributed by atoms with Gasteiger partial charge in [-0.25, -0.2) is 4.39 Å². The monoisotopic (exact) mass is 305 g/mol. The minimum absolute atomic E-state index is 0.140. The number of halogens is 1. The zero-order valence-electron chi connectivity index (χ0n) is 13.8. The van der Waals surface area contributed by atoms with Crippen LogP contribution in [-0.4, -0.2) is 50.2 Å². The minimum atomic E-state index is -0.140. The smallest absolute Gasteiger partial charge is 0.123 e. The van der Waals surface area contributed by atoms with Gasteiger partial charge >= 0.3 is 0 Å². The Labute approximate surface area is 133 Å². The molecule has 0 unspecified atom stereocenters. The molecule has 2 aliphatic rings. The molecule has 1 atom stereocenters. The predicted octanol–water partition coefficient (Wildman–Crippen LogP) is 2.79. The highest BCUT2D eigenvalue weighted by molar-refractivity contribution is 5.53. The normalized spacial score (nSPS) is 24.1. The van der Waals surface area contributed by atoms with Gasteiger partial charge < -0.3 is 15.1 Å². The van der Waals surface area contributed by atoms with Crippen LogP contribution in [0.4, 0.5) is 10.1 Å². The van der Waals surface area contributed by atoms with Gasteiger partial charge in [0.15, 0.2) is 0 Å². The minimum Gasteiger partial charge on any atom is -0.371 e. The summed E-state index contributed by atoms with van der Waals surface area (Å²) in [6, 6.07) is 6.48. The van der Waals surface area contributed by atoms with Gasteiger partial charge in [0.05, 0.1) is 0 Å². The molecule has 0 spiro atoms. The van der Waals surface area contributed by atoms with Gasteiger partial charge in [-0.05, 0) is 70.0 Å².